The quantitative estimate of drug-likeness (QED) is 0.777. The maximum atomic E-state index is 10.5. The van der Waals surface area contributed by atoms with Gasteiger partial charge in [0.05, 0.1) is 5.60 Å². The smallest absolute Gasteiger partial charge is 0.196 e. The first kappa shape index (κ1) is 11.2. The zero-order valence-electron chi connectivity index (χ0n) is 9.48. The second kappa shape index (κ2) is 4.29. The molecule has 1 N–H and O–H groups in total. The van der Waals surface area contributed by atoms with E-state index in [0.717, 1.165) is 38.2 Å². The molecule has 1 aliphatic rings. The number of nitrogens with zero attached hydrogens (tertiary/aromatic N) is 1. The van der Waals surface area contributed by atoms with E-state index in [2.05, 4.69) is 4.90 Å². The molecule has 1 aliphatic heterocycles. The molecule has 88 valence electrons. The van der Waals surface area contributed by atoms with Gasteiger partial charge in [-0.15, -0.1) is 0 Å². The van der Waals surface area contributed by atoms with Gasteiger partial charge < -0.3 is 14.4 Å². The molecule has 0 radical (unpaired) electrons. The average molecular weight is 223 g/mol. The van der Waals surface area contributed by atoms with Crippen LogP contribution in [0.1, 0.15) is 36.7 Å². The second-order valence-corrected chi connectivity index (χ2v) is 4.63. The van der Waals surface area contributed by atoms with Crippen molar-refractivity contribution in [2.75, 3.05) is 18.0 Å². The first-order chi connectivity index (χ1) is 7.61. The molecule has 0 aliphatic carbocycles. The molecule has 0 saturated carbocycles. The predicted molar refractivity (Wildman–Crippen MR) is 60.8 cm³/mol. The van der Waals surface area contributed by atoms with Crippen LogP contribution in [0.15, 0.2) is 16.5 Å². The van der Waals surface area contributed by atoms with Crippen LogP contribution in [-0.2, 0) is 0 Å². The molecule has 1 atom stereocenters. The fraction of sp³-hybridized carbons (Fsp3) is 0.583. The lowest BCUT2D eigenvalue weighted by atomic mass is 9.98. The summed E-state index contributed by atoms with van der Waals surface area (Å²) in [6.07, 6.45) is 3.18. The van der Waals surface area contributed by atoms with Crippen LogP contribution in [0.3, 0.4) is 0 Å². The van der Waals surface area contributed by atoms with Crippen molar-refractivity contribution in [3.8, 4) is 0 Å². The van der Waals surface area contributed by atoms with Gasteiger partial charge in [0.25, 0.3) is 0 Å². The van der Waals surface area contributed by atoms with Crippen molar-refractivity contribution >= 4 is 12.2 Å². The van der Waals surface area contributed by atoms with Crippen molar-refractivity contribution in [1.29, 1.82) is 0 Å². The molecular weight excluding hydrogens is 206 g/mol. The topological polar surface area (TPSA) is 53.7 Å². The van der Waals surface area contributed by atoms with Crippen LogP contribution in [0.4, 0.5) is 5.88 Å². The molecule has 1 aromatic rings. The van der Waals surface area contributed by atoms with E-state index in [0.29, 0.717) is 12.0 Å². The Morgan fingerprint density at radius 2 is 2.25 bits per heavy atom. The number of carbonyl (C=O) groups is 1. The monoisotopic (exact) mass is 223 g/mol. The van der Waals surface area contributed by atoms with Crippen molar-refractivity contribution in [2.45, 2.75) is 31.8 Å². The average Bonchev–Trinajstić information content (AvgIpc) is 2.64. The van der Waals surface area contributed by atoms with Crippen LogP contribution >= 0.6 is 0 Å². The standard InChI is InChI=1S/C12H17NO3/c1-12(15)5-2-7-13(8-6-12)11-4-3-10(9-14)16-11/h3-4,9,15H,2,5-8H2,1H3. The van der Waals surface area contributed by atoms with Gasteiger partial charge in [0, 0.05) is 19.2 Å². The molecule has 0 amide bonds. The Labute approximate surface area is 94.9 Å². The fourth-order valence-corrected chi connectivity index (χ4v) is 2.06. The Bertz CT molecular complexity index is 370. The van der Waals surface area contributed by atoms with E-state index < -0.39 is 5.60 Å². The SMILES string of the molecule is CC1(O)CCCN(c2ccc(C=O)o2)CC1. The Hall–Kier alpha value is -1.29. The van der Waals surface area contributed by atoms with Crippen LogP contribution in [0.5, 0.6) is 0 Å². The van der Waals surface area contributed by atoms with E-state index in [9.17, 15) is 9.90 Å². The number of rotatable bonds is 2. The highest BCUT2D eigenvalue weighted by Gasteiger charge is 2.25. The summed E-state index contributed by atoms with van der Waals surface area (Å²) >= 11 is 0. The molecule has 0 spiro atoms. The van der Waals surface area contributed by atoms with E-state index in [1.807, 2.05) is 13.0 Å². The third-order valence-electron chi connectivity index (χ3n) is 3.10. The minimum absolute atomic E-state index is 0.353. The maximum absolute atomic E-state index is 10.5. The fourth-order valence-electron chi connectivity index (χ4n) is 2.06. The summed E-state index contributed by atoms with van der Waals surface area (Å²) in [7, 11) is 0. The number of aldehydes is 1. The molecule has 4 heteroatoms. The lowest BCUT2D eigenvalue weighted by molar-refractivity contribution is 0.0481. The highest BCUT2D eigenvalue weighted by Crippen LogP contribution is 2.26. The van der Waals surface area contributed by atoms with E-state index in [1.54, 1.807) is 6.07 Å². The van der Waals surface area contributed by atoms with Gasteiger partial charge in [0.1, 0.15) is 0 Å². The van der Waals surface area contributed by atoms with Gasteiger partial charge in [-0.1, -0.05) is 0 Å². The van der Waals surface area contributed by atoms with Crippen LogP contribution in [0, 0.1) is 0 Å². The largest absolute Gasteiger partial charge is 0.438 e. The molecule has 1 saturated heterocycles. The molecule has 16 heavy (non-hydrogen) atoms. The molecule has 4 nitrogen and oxygen atoms in total. The lowest BCUT2D eigenvalue weighted by Crippen LogP contribution is -2.27. The maximum Gasteiger partial charge on any atom is 0.196 e. The van der Waals surface area contributed by atoms with Gasteiger partial charge >= 0.3 is 0 Å². The zero-order chi connectivity index (χ0) is 11.6. The molecule has 0 aromatic carbocycles. The molecule has 0 bridgehead atoms. The van der Waals surface area contributed by atoms with E-state index in [-0.39, 0.29) is 0 Å². The third kappa shape index (κ3) is 2.44. The second-order valence-electron chi connectivity index (χ2n) is 4.63. The van der Waals surface area contributed by atoms with Gasteiger partial charge in [-0.2, -0.15) is 0 Å². The van der Waals surface area contributed by atoms with Crippen molar-refractivity contribution in [3.63, 3.8) is 0 Å². The molecule has 1 unspecified atom stereocenters. The Morgan fingerprint density at radius 1 is 1.44 bits per heavy atom. The predicted octanol–water partition coefficient (Wildman–Crippen LogP) is 1.83. The minimum atomic E-state index is -0.575. The van der Waals surface area contributed by atoms with Crippen molar-refractivity contribution in [3.05, 3.63) is 17.9 Å². The summed E-state index contributed by atoms with van der Waals surface area (Å²) in [6.45, 7) is 3.50. The van der Waals surface area contributed by atoms with Crippen LogP contribution in [-0.4, -0.2) is 30.1 Å². The molecule has 2 heterocycles. The van der Waals surface area contributed by atoms with Crippen LogP contribution in [0.25, 0.3) is 0 Å². The Morgan fingerprint density at radius 3 is 2.94 bits per heavy atom. The van der Waals surface area contributed by atoms with Crippen molar-refractivity contribution < 1.29 is 14.3 Å². The van der Waals surface area contributed by atoms with Gasteiger partial charge in [0.2, 0.25) is 0 Å². The van der Waals surface area contributed by atoms with Gasteiger partial charge in [0.15, 0.2) is 17.9 Å². The summed E-state index contributed by atoms with van der Waals surface area (Å²) in [6, 6.07) is 3.48. The lowest BCUT2D eigenvalue weighted by Gasteiger charge is -2.21. The summed E-state index contributed by atoms with van der Waals surface area (Å²) in [5.41, 5.74) is -0.575. The summed E-state index contributed by atoms with van der Waals surface area (Å²) in [5, 5.41) is 9.96. The summed E-state index contributed by atoms with van der Waals surface area (Å²) in [4.78, 5) is 12.6. The number of hydrogen-bond donors (Lipinski definition) is 1. The Kier molecular flexibility index (Phi) is 3.01. The number of anilines is 1. The summed E-state index contributed by atoms with van der Waals surface area (Å²) < 4.78 is 5.37. The normalized spacial score (nSPS) is 26.5. The van der Waals surface area contributed by atoms with Crippen LogP contribution < -0.4 is 4.90 Å². The minimum Gasteiger partial charge on any atom is -0.438 e. The molecule has 1 aromatic heterocycles. The zero-order valence-corrected chi connectivity index (χ0v) is 9.48. The van der Waals surface area contributed by atoms with Crippen molar-refractivity contribution in [1.82, 2.24) is 0 Å². The van der Waals surface area contributed by atoms with Crippen LogP contribution in [0.2, 0.25) is 0 Å². The molecular formula is C12H17NO3. The first-order valence-electron chi connectivity index (χ1n) is 5.63. The third-order valence-corrected chi connectivity index (χ3v) is 3.10. The number of hydrogen-bond acceptors (Lipinski definition) is 4. The highest BCUT2D eigenvalue weighted by molar-refractivity contribution is 5.71. The number of aliphatic hydroxyl groups is 1. The van der Waals surface area contributed by atoms with Gasteiger partial charge in [-0.25, -0.2) is 0 Å². The van der Waals surface area contributed by atoms with Gasteiger partial charge in [-0.05, 0) is 32.3 Å². The molecule has 2 rings (SSSR count). The number of carbonyl (C=O) groups excluding carboxylic acids is 1. The highest BCUT2D eigenvalue weighted by atomic mass is 16.4. The summed E-state index contributed by atoms with van der Waals surface area (Å²) in [5.74, 6) is 1.07. The van der Waals surface area contributed by atoms with Gasteiger partial charge in [-0.3, -0.25) is 4.79 Å². The van der Waals surface area contributed by atoms with E-state index >= 15 is 0 Å². The van der Waals surface area contributed by atoms with E-state index in [1.165, 1.54) is 0 Å². The first-order valence-corrected chi connectivity index (χ1v) is 5.63. The Balaban J connectivity index is 2.07. The molecule has 1 fully saturated rings. The van der Waals surface area contributed by atoms with Crippen molar-refractivity contribution in [2.24, 2.45) is 0 Å². The van der Waals surface area contributed by atoms with E-state index in [4.69, 9.17) is 4.42 Å². The number of furan rings is 1.